The molecule has 0 amide bonds. The minimum absolute atomic E-state index is 0.417. The van der Waals surface area contributed by atoms with E-state index in [1.54, 1.807) is 0 Å². The van der Waals surface area contributed by atoms with Crippen LogP contribution in [0.15, 0.2) is 137 Å². The summed E-state index contributed by atoms with van der Waals surface area (Å²) < 4.78 is 5.27. The number of hydrogen-bond acceptors (Lipinski definition) is 1. The van der Waals surface area contributed by atoms with Crippen LogP contribution < -0.4 is 0 Å². The molecule has 0 radical (unpaired) electrons. The largest absolute Gasteiger partial charge is 0.309 e. The van der Waals surface area contributed by atoms with Crippen LogP contribution in [-0.4, -0.2) is 17.1 Å². The van der Waals surface area contributed by atoms with E-state index in [1.165, 1.54) is 79.7 Å². The van der Waals surface area contributed by atoms with Gasteiger partial charge in [-0.2, -0.15) is 10.0 Å². The summed E-state index contributed by atoms with van der Waals surface area (Å²) in [5.74, 6) is 0. The Bertz CT molecular complexity index is 2460. The van der Waals surface area contributed by atoms with Crippen LogP contribution in [0.25, 0.3) is 47.7 Å². The van der Waals surface area contributed by atoms with Crippen molar-refractivity contribution in [2.24, 2.45) is 0 Å². The Morgan fingerprint density at radius 1 is 0.524 bits per heavy atom. The summed E-state index contributed by atoms with van der Waals surface area (Å²) in [4.78, 5) is 3.00. The monoisotopic (exact) mass is 573 g/mol. The van der Waals surface area contributed by atoms with Crippen LogP contribution in [-0.2, 0) is 5.41 Å². The van der Waals surface area contributed by atoms with Crippen molar-refractivity contribution in [1.82, 2.24) is 4.57 Å². The lowest BCUT2D eigenvalue weighted by molar-refractivity contribution is 0.688. The number of thiophene rings is 1. The molecule has 0 N–H and O–H groups in total. The zero-order valence-corrected chi connectivity index (χ0v) is 25.0. The van der Waals surface area contributed by atoms with Gasteiger partial charge in [0, 0.05) is 30.9 Å². The lowest BCUT2D eigenvalue weighted by atomic mass is 9.62. The van der Waals surface area contributed by atoms with Gasteiger partial charge in [0.05, 0.1) is 22.1 Å². The number of benzene rings is 6. The molecule has 0 fully saturated rings. The van der Waals surface area contributed by atoms with Gasteiger partial charge >= 0.3 is 0 Å². The summed E-state index contributed by atoms with van der Waals surface area (Å²) in [6, 6.07) is 48.5. The highest BCUT2D eigenvalue weighted by atomic mass is 32.3. The molecule has 4 heterocycles. The third kappa shape index (κ3) is 2.55. The van der Waals surface area contributed by atoms with Crippen molar-refractivity contribution in [3.05, 3.63) is 150 Å². The zero-order chi connectivity index (χ0) is 27.8. The Kier molecular flexibility index (Phi) is 4.29. The average Bonchev–Trinajstić information content (AvgIpc) is 3.57. The molecule has 0 aliphatic carbocycles. The smallest absolute Gasteiger partial charge is 0.0763 e. The van der Waals surface area contributed by atoms with Gasteiger partial charge in [-0.05, 0) is 81.0 Å². The Morgan fingerprint density at radius 3 is 2.12 bits per heavy atom. The molecule has 2 aliphatic rings. The van der Waals surface area contributed by atoms with Crippen LogP contribution in [0.5, 0.6) is 0 Å². The second kappa shape index (κ2) is 7.74. The van der Waals surface area contributed by atoms with Crippen LogP contribution >= 0.6 is 21.4 Å². The van der Waals surface area contributed by atoms with Crippen molar-refractivity contribution in [3.8, 4) is 5.69 Å². The molecule has 0 saturated heterocycles. The maximum Gasteiger partial charge on any atom is 0.0763 e. The van der Waals surface area contributed by atoms with Gasteiger partial charge in [0.2, 0.25) is 0 Å². The molecule has 3 heteroatoms. The summed E-state index contributed by atoms with van der Waals surface area (Å²) in [7, 11) is -1.29. The maximum atomic E-state index is 2.58. The van der Waals surface area contributed by atoms with Crippen molar-refractivity contribution in [2.75, 3.05) is 12.5 Å². The number of hydrogen-bond donors (Lipinski definition) is 0. The third-order valence-corrected chi connectivity index (χ3v) is 13.9. The molecule has 0 bridgehead atoms. The minimum atomic E-state index is -1.29. The molecule has 2 aromatic heterocycles. The quantitative estimate of drug-likeness (QED) is 0.170. The van der Waals surface area contributed by atoms with Crippen molar-refractivity contribution < 1.29 is 0 Å². The van der Waals surface area contributed by atoms with Crippen molar-refractivity contribution in [3.63, 3.8) is 0 Å². The van der Waals surface area contributed by atoms with E-state index in [0.717, 1.165) is 0 Å². The highest BCUT2D eigenvalue weighted by molar-refractivity contribution is 8.32. The van der Waals surface area contributed by atoms with E-state index in [-0.39, 0.29) is 0 Å². The normalized spacial score (nSPS) is 18.8. The fourth-order valence-electron chi connectivity index (χ4n) is 8.23. The molecule has 2 aliphatic heterocycles. The lowest BCUT2D eigenvalue weighted by Gasteiger charge is -2.51. The van der Waals surface area contributed by atoms with Gasteiger partial charge < -0.3 is 4.57 Å². The van der Waals surface area contributed by atoms with Gasteiger partial charge in [-0.3, -0.25) is 0 Å². The van der Waals surface area contributed by atoms with Gasteiger partial charge in [0.1, 0.15) is 0 Å². The predicted molar refractivity (Wildman–Crippen MR) is 182 cm³/mol. The van der Waals surface area contributed by atoms with Crippen LogP contribution in [0.2, 0.25) is 0 Å². The Labute approximate surface area is 250 Å². The molecule has 1 atom stereocenters. The van der Waals surface area contributed by atoms with E-state index in [0.29, 0.717) is 0 Å². The third-order valence-electron chi connectivity index (χ3n) is 9.92. The summed E-state index contributed by atoms with van der Waals surface area (Å²) in [6.45, 7) is 0. The van der Waals surface area contributed by atoms with Crippen molar-refractivity contribution >= 4 is 63.3 Å². The van der Waals surface area contributed by atoms with Gasteiger partial charge in [-0.1, -0.05) is 91.0 Å². The van der Waals surface area contributed by atoms with Crippen molar-refractivity contribution in [1.29, 1.82) is 0 Å². The van der Waals surface area contributed by atoms with Crippen LogP contribution in [0, 0.1) is 0 Å². The maximum absolute atomic E-state index is 2.58. The van der Waals surface area contributed by atoms with E-state index < -0.39 is 15.4 Å². The van der Waals surface area contributed by atoms with E-state index in [2.05, 4.69) is 144 Å². The highest BCUT2D eigenvalue weighted by Crippen LogP contribution is 2.70. The molecule has 200 valence electrons. The fourth-order valence-corrected chi connectivity index (χ4v) is 12.0. The number of aromatic nitrogens is 1. The highest BCUT2D eigenvalue weighted by Gasteiger charge is 2.52. The number of fused-ring (bicyclic) bond motifs is 14. The topological polar surface area (TPSA) is 4.93 Å². The number of para-hydroxylation sites is 3. The Morgan fingerprint density at radius 2 is 1.21 bits per heavy atom. The average molecular weight is 574 g/mol. The Hall–Kier alpha value is -4.31. The molecule has 42 heavy (non-hydrogen) atoms. The standard InChI is InChI=1S/C39H27NS2/c1-42(2)36-21-10-6-16-29(36)39(31-23-35-27(22-37(31)42)25-13-4-9-20-34(25)41-35)28-15-5-8-19-33(28)40-32-18-7-3-12-24(32)26-14-11-17-30(39)38(26)40/h3-23H,1-2H3. The minimum Gasteiger partial charge on any atom is -0.309 e. The van der Waals surface area contributed by atoms with Gasteiger partial charge in [0.25, 0.3) is 0 Å². The van der Waals surface area contributed by atoms with E-state index >= 15 is 0 Å². The van der Waals surface area contributed by atoms with Gasteiger partial charge in [0.15, 0.2) is 0 Å². The Balaban J connectivity index is 1.49. The fraction of sp³-hybridized carbons (Fsp3) is 0.0769. The predicted octanol–water partition coefficient (Wildman–Crippen LogP) is 10.6. The molecular formula is C39H27NS2. The lowest BCUT2D eigenvalue weighted by Crippen LogP contribution is -2.39. The van der Waals surface area contributed by atoms with E-state index in [4.69, 9.17) is 0 Å². The zero-order valence-electron chi connectivity index (χ0n) is 23.4. The first-order chi connectivity index (χ1) is 20.6. The summed E-state index contributed by atoms with van der Waals surface area (Å²) in [6.07, 6.45) is 5.01. The number of nitrogens with zero attached hydrogens (tertiary/aromatic N) is 1. The van der Waals surface area contributed by atoms with Crippen LogP contribution in [0.1, 0.15) is 22.3 Å². The first-order valence-electron chi connectivity index (χ1n) is 14.5. The van der Waals surface area contributed by atoms with E-state index in [1.807, 2.05) is 11.3 Å². The van der Waals surface area contributed by atoms with E-state index in [9.17, 15) is 0 Å². The molecule has 8 aromatic rings. The van der Waals surface area contributed by atoms with Gasteiger partial charge in [-0.15, -0.1) is 11.3 Å². The molecule has 10 rings (SSSR count). The first kappa shape index (κ1) is 23.3. The summed E-state index contributed by atoms with van der Waals surface area (Å²) >= 11 is 1.93. The second-order valence-electron chi connectivity index (χ2n) is 12.1. The molecule has 1 nitrogen and oxygen atoms in total. The molecule has 6 aromatic carbocycles. The molecular weight excluding hydrogens is 547 g/mol. The number of rotatable bonds is 0. The SMILES string of the molecule is CS1(C)c2ccccc2C2(c3ccccc3-n3c4ccccc4c4cccc2c43)c2cc3sc4ccccc4c3cc21. The molecule has 0 saturated carbocycles. The van der Waals surface area contributed by atoms with Crippen LogP contribution in [0.3, 0.4) is 0 Å². The first-order valence-corrected chi connectivity index (χ1v) is 17.8. The molecule has 1 spiro atoms. The summed E-state index contributed by atoms with van der Waals surface area (Å²) in [5.41, 5.74) is 9.14. The molecule has 1 unspecified atom stereocenters. The van der Waals surface area contributed by atoms with Crippen LogP contribution in [0.4, 0.5) is 0 Å². The van der Waals surface area contributed by atoms with Gasteiger partial charge in [-0.25, -0.2) is 0 Å². The second-order valence-corrected chi connectivity index (χ2v) is 16.7. The van der Waals surface area contributed by atoms with Crippen molar-refractivity contribution in [2.45, 2.75) is 15.2 Å². The summed E-state index contributed by atoms with van der Waals surface area (Å²) in [5, 5.41) is 5.41.